The maximum atomic E-state index is 11.7. The standard InChI is InChI=1S/C16H30N4O/c1-4-5-6-7-8-9-10-11-12-17-16(21)18-15-13-14(2)19-20(15)3/h13H,4-12H2,1-3H3,(H2,17,18,21). The van der Waals surface area contributed by atoms with E-state index in [1.54, 1.807) is 4.68 Å². The third kappa shape index (κ3) is 7.73. The lowest BCUT2D eigenvalue weighted by Crippen LogP contribution is -2.30. The van der Waals surface area contributed by atoms with E-state index in [0.29, 0.717) is 0 Å². The molecule has 2 amide bonds. The second-order valence-electron chi connectivity index (χ2n) is 5.65. The van der Waals surface area contributed by atoms with E-state index in [2.05, 4.69) is 22.7 Å². The number of amides is 2. The molecule has 1 heterocycles. The molecule has 1 rings (SSSR count). The zero-order chi connectivity index (χ0) is 15.5. The molecule has 120 valence electrons. The van der Waals surface area contributed by atoms with Crippen molar-refractivity contribution in [2.75, 3.05) is 11.9 Å². The van der Waals surface area contributed by atoms with Crippen LogP contribution < -0.4 is 10.6 Å². The predicted octanol–water partition coefficient (Wildman–Crippen LogP) is 3.99. The lowest BCUT2D eigenvalue weighted by Gasteiger charge is -2.07. The molecule has 0 aromatic carbocycles. The summed E-state index contributed by atoms with van der Waals surface area (Å²) < 4.78 is 1.67. The molecule has 0 bridgehead atoms. The van der Waals surface area contributed by atoms with Crippen molar-refractivity contribution in [2.45, 2.75) is 65.2 Å². The number of aromatic nitrogens is 2. The molecular weight excluding hydrogens is 264 g/mol. The number of carbonyl (C=O) groups is 1. The highest BCUT2D eigenvalue weighted by atomic mass is 16.2. The van der Waals surface area contributed by atoms with E-state index in [1.165, 1.54) is 44.9 Å². The number of hydrogen-bond donors (Lipinski definition) is 2. The van der Waals surface area contributed by atoms with Gasteiger partial charge in [-0.2, -0.15) is 5.10 Å². The molecule has 0 fully saturated rings. The molecule has 0 unspecified atom stereocenters. The highest BCUT2D eigenvalue weighted by molar-refractivity contribution is 5.88. The van der Waals surface area contributed by atoms with Crippen LogP contribution in [-0.2, 0) is 7.05 Å². The van der Waals surface area contributed by atoms with Crippen molar-refractivity contribution < 1.29 is 4.79 Å². The van der Waals surface area contributed by atoms with E-state index >= 15 is 0 Å². The number of hydrogen-bond acceptors (Lipinski definition) is 2. The van der Waals surface area contributed by atoms with Crippen LogP contribution in [0.4, 0.5) is 10.6 Å². The molecule has 1 aromatic rings. The molecular formula is C16H30N4O. The molecule has 0 aliphatic carbocycles. The maximum Gasteiger partial charge on any atom is 0.320 e. The summed E-state index contributed by atoms with van der Waals surface area (Å²) in [6.07, 6.45) is 10.2. The van der Waals surface area contributed by atoms with E-state index in [0.717, 1.165) is 24.5 Å². The van der Waals surface area contributed by atoms with Crippen LogP contribution in [0.1, 0.15) is 64.0 Å². The number of carbonyl (C=O) groups excluding carboxylic acids is 1. The first-order chi connectivity index (χ1) is 10.1. The second-order valence-corrected chi connectivity index (χ2v) is 5.65. The monoisotopic (exact) mass is 294 g/mol. The van der Waals surface area contributed by atoms with Crippen molar-refractivity contribution in [1.82, 2.24) is 15.1 Å². The summed E-state index contributed by atoms with van der Waals surface area (Å²) in [5.41, 5.74) is 0.899. The molecule has 0 saturated heterocycles. The summed E-state index contributed by atoms with van der Waals surface area (Å²) in [6, 6.07) is 1.71. The summed E-state index contributed by atoms with van der Waals surface area (Å²) in [7, 11) is 1.82. The Balaban J connectivity index is 2.00. The molecule has 2 N–H and O–H groups in total. The average Bonchev–Trinajstić information content (AvgIpc) is 2.75. The smallest absolute Gasteiger partial charge is 0.320 e. The van der Waals surface area contributed by atoms with Gasteiger partial charge in [0, 0.05) is 19.7 Å². The summed E-state index contributed by atoms with van der Waals surface area (Å²) in [5.74, 6) is 0.723. The van der Waals surface area contributed by atoms with Crippen LogP contribution in [0.3, 0.4) is 0 Å². The Morgan fingerprint density at radius 2 is 1.76 bits per heavy atom. The fourth-order valence-corrected chi connectivity index (χ4v) is 2.35. The van der Waals surface area contributed by atoms with Crippen LogP contribution in [0, 0.1) is 6.92 Å². The number of anilines is 1. The molecule has 5 nitrogen and oxygen atoms in total. The van der Waals surface area contributed by atoms with Crippen LogP contribution in [0.15, 0.2) is 6.07 Å². The molecule has 0 atom stereocenters. The number of nitrogens with zero attached hydrogens (tertiary/aromatic N) is 2. The minimum absolute atomic E-state index is 0.152. The van der Waals surface area contributed by atoms with Crippen molar-refractivity contribution in [3.8, 4) is 0 Å². The van der Waals surface area contributed by atoms with Gasteiger partial charge in [0.15, 0.2) is 0 Å². The fraction of sp³-hybridized carbons (Fsp3) is 0.750. The fourth-order valence-electron chi connectivity index (χ4n) is 2.35. The largest absolute Gasteiger partial charge is 0.338 e. The van der Waals surface area contributed by atoms with Gasteiger partial charge in [-0.3, -0.25) is 10.00 Å². The van der Waals surface area contributed by atoms with Gasteiger partial charge in [0.1, 0.15) is 5.82 Å². The Bertz CT molecular complexity index is 414. The number of rotatable bonds is 10. The SMILES string of the molecule is CCCCCCCCCCNC(=O)Nc1cc(C)nn1C. The molecule has 0 aliphatic heterocycles. The lowest BCUT2D eigenvalue weighted by molar-refractivity contribution is 0.251. The number of aryl methyl sites for hydroxylation is 2. The van der Waals surface area contributed by atoms with Gasteiger partial charge in [0.05, 0.1) is 5.69 Å². The minimum atomic E-state index is -0.152. The van der Waals surface area contributed by atoms with Crippen molar-refractivity contribution >= 4 is 11.8 Å². The van der Waals surface area contributed by atoms with Crippen molar-refractivity contribution in [3.63, 3.8) is 0 Å². The van der Waals surface area contributed by atoms with Crippen LogP contribution in [0.25, 0.3) is 0 Å². The van der Waals surface area contributed by atoms with Gasteiger partial charge in [0.2, 0.25) is 0 Å². The Hall–Kier alpha value is -1.52. The zero-order valence-corrected chi connectivity index (χ0v) is 13.7. The lowest BCUT2D eigenvalue weighted by atomic mass is 10.1. The third-order valence-electron chi connectivity index (χ3n) is 3.56. The van der Waals surface area contributed by atoms with Crippen molar-refractivity contribution in [3.05, 3.63) is 11.8 Å². The van der Waals surface area contributed by atoms with Gasteiger partial charge in [-0.05, 0) is 13.3 Å². The van der Waals surface area contributed by atoms with Crippen LogP contribution in [0.5, 0.6) is 0 Å². The Kier molecular flexibility index (Phi) is 8.55. The van der Waals surface area contributed by atoms with Gasteiger partial charge in [-0.1, -0.05) is 51.9 Å². The molecule has 1 aromatic heterocycles. The van der Waals surface area contributed by atoms with Gasteiger partial charge < -0.3 is 5.32 Å². The molecule has 5 heteroatoms. The van der Waals surface area contributed by atoms with E-state index in [4.69, 9.17) is 0 Å². The van der Waals surface area contributed by atoms with Gasteiger partial charge in [-0.25, -0.2) is 4.79 Å². The number of urea groups is 1. The Labute approximate surface area is 128 Å². The van der Waals surface area contributed by atoms with Gasteiger partial charge in [0.25, 0.3) is 0 Å². The summed E-state index contributed by atoms with van der Waals surface area (Å²) in [5, 5.41) is 9.88. The third-order valence-corrected chi connectivity index (χ3v) is 3.56. The average molecular weight is 294 g/mol. The highest BCUT2D eigenvalue weighted by Gasteiger charge is 2.05. The summed E-state index contributed by atoms with van der Waals surface area (Å²) in [4.78, 5) is 11.7. The molecule has 21 heavy (non-hydrogen) atoms. The van der Waals surface area contributed by atoms with Crippen LogP contribution in [0.2, 0.25) is 0 Å². The first-order valence-corrected chi connectivity index (χ1v) is 8.19. The van der Waals surface area contributed by atoms with E-state index in [-0.39, 0.29) is 6.03 Å². The first kappa shape index (κ1) is 17.5. The normalized spacial score (nSPS) is 10.6. The zero-order valence-electron chi connectivity index (χ0n) is 13.7. The van der Waals surface area contributed by atoms with E-state index in [1.807, 2.05) is 20.0 Å². The number of nitrogens with one attached hydrogen (secondary N) is 2. The highest BCUT2D eigenvalue weighted by Crippen LogP contribution is 2.09. The topological polar surface area (TPSA) is 59.0 Å². The quantitative estimate of drug-likeness (QED) is 0.641. The van der Waals surface area contributed by atoms with E-state index in [9.17, 15) is 4.79 Å². The maximum absolute atomic E-state index is 11.7. The van der Waals surface area contributed by atoms with Crippen LogP contribution in [-0.4, -0.2) is 22.4 Å². The summed E-state index contributed by atoms with van der Waals surface area (Å²) >= 11 is 0. The van der Waals surface area contributed by atoms with Gasteiger partial charge in [-0.15, -0.1) is 0 Å². The van der Waals surface area contributed by atoms with E-state index < -0.39 is 0 Å². The van der Waals surface area contributed by atoms with Crippen molar-refractivity contribution in [1.29, 1.82) is 0 Å². The molecule has 0 saturated carbocycles. The van der Waals surface area contributed by atoms with Crippen LogP contribution >= 0.6 is 0 Å². The Morgan fingerprint density at radius 3 is 2.33 bits per heavy atom. The van der Waals surface area contributed by atoms with Gasteiger partial charge >= 0.3 is 6.03 Å². The Morgan fingerprint density at radius 1 is 1.14 bits per heavy atom. The van der Waals surface area contributed by atoms with Crippen molar-refractivity contribution in [2.24, 2.45) is 7.05 Å². The first-order valence-electron chi connectivity index (χ1n) is 8.19. The molecule has 0 aliphatic rings. The second kappa shape index (κ2) is 10.2. The predicted molar refractivity (Wildman–Crippen MR) is 87.6 cm³/mol. The number of unbranched alkanes of at least 4 members (excludes halogenated alkanes) is 7. The molecule has 0 radical (unpaired) electrons. The summed E-state index contributed by atoms with van der Waals surface area (Å²) in [6.45, 7) is 4.88. The molecule has 0 spiro atoms. The minimum Gasteiger partial charge on any atom is -0.338 e.